The maximum Gasteiger partial charge on any atom is 0.304 e. The lowest BCUT2D eigenvalue weighted by atomic mass is 10.3. The SMILES string of the molecule is CCCn1c(CN(C)CCC(=O)O)nc2cc(S(=O)(=O)N(C)C)ccc21. The van der Waals surface area contributed by atoms with E-state index in [9.17, 15) is 13.2 Å². The van der Waals surface area contributed by atoms with Crippen LogP contribution in [0.1, 0.15) is 25.6 Å². The second-order valence-electron chi connectivity index (χ2n) is 6.50. The Balaban J connectivity index is 2.41. The zero-order valence-electron chi connectivity index (χ0n) is 15.6. The molecule has 0 saturated heterocycles. The highest BCUT2D eigenvalue weighted by atomic mass is 32.2. The number of aromatic nitrogens is 2. The van der Waals surface area contributed by atoms with Crippen LogP contribution in [0.3, 0.4) is 0 Å². The molecule has 0 amide bonds. The molecule has 26 heavy (non-hydrogen) atoms. The molecule has 1 aromatic carbocycles. The number of hydrogen-bond acceptors (Lipinski definition) is 5. The minimum absolute atomic E-state index is 0.0652. The normalized spacial score (nSPS) is 12.4. The number of aryl methyl sites for hydroxylation is 1. The van der Waals surface area contributed by atoms with Crippen LogP contribution in [0, 0.1) is 0 Å². The summed E-state index contributed by atoms with van der Waals surface area (Å²) in [5, 5.41) is 8.82. The first-order valence-electron chi connectivity index (χ1n) is 8.48. The van der Waals surface area contributed by atoms with Gasteiger partial charge in [-0.1, -0.05) is 6.92 Å². The molecular weight excluding hydrogens is 356 g/mol. The van der Waals surface area contributed by atoms with E-state index in [1.807, 2.05) is 11.9 Å². The number of aliphatic carboxylic acids is 1. The molecule has 2 rings (SSSR count). The van der Waals surface area contributed by atoms with Gasteiger partial charge in [0.05, 0.1) is 28.9 Å². The first kappa shape index (κ1) is 20.3. The number of rotatable bonds is 9. The molecule has 0 radical (unpaired) electrons. The van der Waals surface area contributed by atoms with Crippen molar-refractivity contribution in [3.05, 3.63) is 24.0 Å². The molecule has 0 spiro atoms. The van der Waals surface area contributed by atoms with Gasteiger partial charge in [0.1, 0.15) is 5.82 Å². The quantitative estimate of drug-likeness (QED) is 0.708. The fourth-order valence-electron chi connectivity index (χ4n) is 2.73. The zero-order chi connectivity index (χ0) is 19.5. The number of nitrogens with zero attached hydrogens (tertiary/aromatic N) is 4. The topological polar surface area (TPSA) is 95.7 Å². The third-order valence-corrected chi connectivity index (χ3v) is 5.95. The minimum Gasteiger partial charge on any atom is -0.481 e. The Kier molecular flexibility index (Phi) is 6.38. The van der Waals surface area contributed by atoms with E-state index < -0.39 is 16.0 Å². The summed E-state index contributed by atoms with van der Waals surface area (Å²) in [6.07, 6.45) is 0.977. The van der Waals surface area contributed by atoms with Crippen LogP contribution in [-0.2, 0) is 27.9 Å². The summed E-state index contributed by atoms with van der Waals surface area (Å²) in [6, 6.07) is 4.98. The van der Waals surface area contributed by atoms with Crippen LogP contribution in [0.15, 0.2) is 23.1 Å². The standard InChI is InChI=1S/C17H26N4O4S/c1-5-9-21-15-7-6-13(26(24,25)19(2)3)11-14(15)18-16(21)12-20(4)10-8-17(22)23/h6-7,11H,5,8-10,12H2,1-4H3,(H,22,23). The number of carbonyl (C=O) groups is 1. The van der Waals surface area contributed by atoms with Crippen LogP contribution >= 0.6 is 0 Å². The average Bonchev–Trinajstić information content (AvgIpc) is 2.90. The molecule has 1 N–H and O–H groups in total. The third-order valence-electron chi connectivity index (χ3n) is 4.14. The van der Waals surface area contributed by atoms with E-state index in [-0.39, 0.29) is 11.3 Å². The first-order chi connectivity index (χ1) is 12.2. The number of sulfonamides is 1. The molecule has 0 aliphatic carbocycles. The predicted octanol–water partition coefficient (Wildman–Crippen LogP) is 1.60. The minimum atomic E-state index is -3.52. The number of benzene rings is 1. The van der Waals surface area contributed by atoms with Gasteiger partial charge in [-0.2, -0.15) is 0 Å². The van der Waals surface area contributed by atoms with Crippen molar-refractivity contribution >= 4 is 27.0 Å². The van der Waals surface area contributed by atoms with Gasteiger partial charge in [-0.15, -0.1) is 0 Å². The maximum absolute atomic E-state index is 12.3. The van der Waals surface area contributed by atoms with Crippen molar-refractivity contribution in [3.63, 3.8) is 0 Å². The van der Waals surface area contributed by atoms with E-state index in [0.29, 0.717) is 18.6 Å². The average molecular weight is 382 g/mol. The second kappa shape index (κ2) is 8.15. The molecule has 0 bridgehead atoms. The third kappa shape index (κ3) is 4.40. The predicted molar refractivity (Wildman–Crippen MR) is 99.5 cm³/mol. The number of carboxylic acid groups (broad SMARTS) is 1. The van der Waals surface area contributed by atoms with Gasteiger partial charge in [0.25, 0.3) is 0 Å². The van der Waals surface area contributed by atoms with Gasteiger partial charge in [-0.25, -0.2) is 17.7 Å². The fraction of sp³-hybridized carbons (Fsp3) is 0.529. The highest BCUT2D eigenvalue weighted by molar-refractivity contribution is 7.89. The molecular formula is C17H26N4O4S. The van der Waals surface area contributed by atoms with Gasteiger partial charge in [-0.05, 0) is 31.7 Å². The molecule has 2 aromatic rings. The molecule has 0 atom stereocenters. The van der Waals surface area contributed by atoms with Crippen LogP contribution in [0.25, 0.3) is 11.0 Å². The molecule has 1 aromatic heterocycles. The first-order valence-corrected chi connectivity index (χ1v) is 9.92. The van der Waals surface area contributed by atoms with E-state index in [4.69, 9.17) is 5.11 Å². The Labute approximate surface area is 154 Å². The van der Waals surface area contributed by atoms with Gasteiger partial charge in [0.15, 0.2) is 0 Å². The van der Waals surface area contributed by atoms with Crippen molar-refractivity contribution in [2.45, 2.75) is 37.8 Å². The lowest BCUT2D eigenvalue weighted by Crippen LogP contribution is -2.23. The number of imidazole rings is 1. The number of hydrogen-bond donors (Lipinski definition) is 1. The summed E-state index contributed by atoms with van der Waals surface area (Å²) >= 11 is 0. The summed E-state index contributed by atoms with van der Waals surface area (Å²) in [5.41, 5.74) is 1.51. The Morgan fingerprint density at radius 3 is 2.54 bits per heavy atom. The van der Waals surface area contributed by atoms with Gasteiger partial charge < -0.3 is 9.67 Å². The number of fused-ring (bicyclic) bond motifs is 1. The Morgan fingerprint density at radius 1 is 1.27 bits per heavy atom. The monoisotopic (exact) mass is 382 g/mol. The van der Waals surface area contributed by atoms with Gasteiger partial charge >= 0.3 is 5.97 Å². The van der Waals surface area contributed by atoms with E-state index in [2.05, 4.69) is 16.5 Å². The van der Waals surface area contributed by atoms with Gasteiger partial charge in [0.2, 0.25) is 10.0 Å². The summed E-state index contributed by atoms with van der Waals surface area (Å²) in [4.78, 5) is 17.5. The van der Waals surface area contributed by atoms with Crippen molar-refractivity contribution in [1.82, 2.24) is 18.8 Å². The molecule has 0 aliphatic rings. The molecule has 0 aliphatic heterocycles. The van der Waals surface area contributed by atoms with Gasteiger partial charge in [-0.3, -0.25) is 9.69 Å². The molecule has 1 heterocycles. The molecule has 0 fully saturated rings. The second-order valence-corrected chi connectivity index (χ2v) is 8.65. The fourth-order valence-corrected chi connectivity index (χ4v) is 3.65. The summed E-state index contributed by atoms with van der Waals surface area (Å²) in [5.74, 6) is -0.0356. The Bertz CT molecular complexity index is 890. The lowest BCUT2D eigenvalue weighted by molar-refractivity contribution is -0.137. The van der Waals surface area contributed by atoms with E-state index in [1.165, 1.54) is 18.4 Å². The molecule has 9 heteroatoms. The van der Waals surface area contributed by atoms with Crippen LogP contribution in [0.2, 0.25) is 0 Å². The molecule has 0 saturated carbocycles. The van der Waals surface area contributed by atoms with Crippen molar-refractivity contribution in [1.29, 1.82) is 0 Å². The smallest absolute Gasteiger partial charge is 0.304 e. The Morgan fingerprint density at radius 2 is 1.96 bits per heavy atom. The van der Waals surface area contributed by atoms with E-state index in [0.717, 1.165) is 24.3 Å². The van der Waals surface area contributed by atoms with Crippen LogP contribution in [-0.4, -0.2) is 65.9 Å². The van der Waals surface area contributed by atoms with Crippen LogP contribution < -0.4 is 0 Å². The van der Waals surface area contributed by atoms with Gasteiger partial charge in [0, 0.05) is 27.2 Å². The highest BCUT2D eigenvalue weighted by Crippen LogP contribution is 2.23. The van der Waals surface area contributed by atoms with Crippen molar-refractivity contribution in [2.75, 3.05) is 27.7 Å². The summed E-state index contributed by atoms with van der Waals surface area (Å²) < 4.78 is 27.9. The highest BCUT2D eigenvalue weighted by Gasteiger charge is 2.20. The van der Waals surface area contributed by atoms with Crippen molar-refractivity contribution in [3.8, 4) is 0 Å². The lowest BCUT2D eigenvalue weighted by Gasteiger charge is -2.16. The van der Waals surface area contributed by atoms with Crippen LogP contribution in [0.4, 0.5) is 0 Å². The van der Waals surface area contributed by atoms with Crippen molar-refractivity contribution in [2.24, 2.45) is 0 Å². The summed E-state index contributed by atoms with van der Waals surface area (Å²) in [6.45, 7) is 3.75. The molecule has 144 valence electrons. The van der Waals surface area contributed by atoms with E-state index >= 15 is 0 Å². The zero-order valence-corrected chi connectivity index (χ0v) is 16.5. The van der Waals surface area contributed by atoms with E-state index in [1.54, 1.807) is 18.2 Å². The molecule has 0 unspecified atom stereocenters. The summed E-state index contributed by atoms with van der Waals surface area (Å²) in [7, 11) is 1.33. The Hall–Kier alpha value is -1.97. The van der Waals surface area contributed by atoms with Crippen LogP contribution in [0.5, 0.6) is 0 Å². The largest absolute Gasteiger partial charge is 0.481 e. The molecule has 8 nitrogen and oxygen atoms in total. The van der Waals surface area contributed by atoms with Crippen molar-refractivity contribution < 1.29 is 18.3 Å². The number of carboxylic acids is 1. The maximum atomic E-state index is 12.3.